The predicted molar refractivity (Wildman–Crippen MR) is 105 cm³/mol. The van der Waals surface area contributed by atoms with E-state index in [4.69, 9.17) is 9.78 Å². The van der Waals surface area contributed by atoms with Crippen LogP contribution in [0.2, 0.25) is 0 Å². The highest BCUT2D eigenvalue weighted by Gasteiger charge is 2.31. The number of nitriles is 1. The van der Waals surface area contributed by atoms with Crippen molar-refractivity contribution in [3.8, 4) is 16.7 Å². The second-order valence-electron chi connectivity index (χ2n) is 6.70. The van der Waals surface area contributed by atoms with Gasteiger partial charge in [-0.05, 0) is 30.8 Å². The molecule has 148 valence electrons. The van der Waals surface area contributed by atoms with Crippen LogP contribution in [0, 0.1) is 17.2 Å². The molecule has 0 bridgehead atoms. The lowest BCUT2D eigenvalue weighted by Gasteiger charge is -2.38. The van der Waals surface area contributed by atoms with Gasteiger partial charge in [0.1, 0.15) is 6.54 Å². The average Bonchev–Trinajstić information content (AvgIpc) is 3.34. The fourth-order valence-corrected chi connectivity index (χ4v) is 3.71. The third kappa shape index (κ3) is 5.41. The number of carbonyl (C=O) groups excluding carboxylic acids is 2. The number of likely N-dealkylation sites (tertiary alicyclic amines) is 1. The molecule has 2 aromatic heterocycles. The number of rotatable bonds is 10. The minimum atomic E-state index is -0.222. The molecule has 28 heavy (non-hydrogen) atoms. The van der Waals surface area contributed by atoms with Crippen LogP contribution in [0.1, 0.15) is 29.8 Å². The Labute approximate surface area is 167 Å². The van der Waals surface area contributed by atoms with Crippen molar-refractivity contribution in [2.75, 3.05) is 32.7 Å². The first kappa shape index (κ1) is 20.0. The second kappa shape index (κ2) is 10.0. The SMILES string of the molecule is N#CCNC(=O)C1CN(CCCCCNC(=O)c2cc(-c3cccs3)on2)C1. The molecular formula is C19H23N5O3S. The van der Waals surface area contributed by atoms with Gasteiger partial charge in [0.15, 0.2) is 11.5 Å². The van der Waals surface area contributed by atoms with Gasteiger partial charge in [-0.1, -0.05) is 17.6 Å². The highest BCUT2D eigenvalue weighted by atomic mass is 32.1. The third-order valence-electron chi connectivity index (χ3n) is 4.61. The molecule has 1 saturated heterocycles. The summed E-state index contributed by atoms with van der Waals surface area (Å²) in [5, 5.41) is 19.7. The number of unbranched alkanes of at least 4 members (excludes halogenated alkanes) is 2. The van der Waals surface area contributed by atoms with Gasteiger partial charge in [-0.2, -0.15) is 5.26 Å². The molecule has 0 atom stereocenters. The largest absolute Gasteiger partial charge is 0.355 e. The van der Waals surface area contributed by atoms with Crippen molar-refractivity contribution >= 4 is 23.2 Å². The first-order valence-corrected chi connectivity index (χ1v) is 10.2. The van der Waals surface area contributed by atoms with E-state index in [0.717, 1.165) is 43.8 Å². The Morgan fingerprint density at radius 1 is 1.32 bits per heavy atom. The van der Waals surface area contributed by atoms with Gasteiger partial charge in [0.25, 0.3) is 5.91 Å². The van der Waals surface area contributed by atoms with E-state index in [-0.39, 0.29) is 24.3 Å². The molecule has 0 aliphatic carbocycles. The number of carbonyl (C=O) groups is 2. The summed E-state index contributed by atoms with van der Waals surface area (Å²) >= 11 is 1.54. The van der Waals surface area contributed by atoms with Gasteiger partial charge in [0.2, 0.25) is 5.91 Å². The summed E-state index contributed by atoms with van der Waals surface area (Å²) in [5.74, 6) is 0.361. The van der Waals surface area contributed by atoms with Crippen molar-refractivity contribution in [1.29, 1.82) is 5.26 Å². The molecule has 8 nitrogen and oxygen atoms in total. The molecule has 0 unspecified atom stereocenters. The van der Waals surface area contributed by atoms with E-state index < -0.39 is 0 Å². The Morgan fingerprint density at radius 2 is 2.18 bits per heavy atom. The molecule has 0 saturated carbocycles. The molecule has 3 heterocycles. The van der Waals surface area contributed by atoms with Gasteiger partial charge < -0.3 is 20.1 Å². The van der Waals surface area contributed by atoms with E-state index in [0.29, 0.717) is 18.0 Å². The average molecular weight is 401 g/mol. The summed E-state index contributed by atoms with van der Waals surface area (Å²) in [5.41, 5.74) is 0.296. The number of hydrogen-bond donors (Lipinski definition) is 2. The Kier molecular flexibility index (Phi) is 7.17. The molecule has 2 aromatic rings. The van der Waals surface area contributed by atoms with E-state index in [1.165, 1.54) is 11.3 Å². The summed E-state index contributed by atoms with van der Waals surface area (Å²) < 4.78 is 5.22. The molecule has 0 aromatic carbocycles. The van der Waals surface area contributed by atoms with Gasteiger partial charge >= 0.3 is 0 Å². The fraction of sp³-hybridized carbons (Fsp3) is 0.474. The first-order chi connectivity index (χ1) is 13.7. The highest BCUT2D eigenvalue weighted by Crippen LogP contribution is 2.25. The Hall–Kier alpha value is -2.70. The van der Waals surface area contributed by atoms with Crippen LogP contribution in [-0.4, -0.2) is 54.6 Å². The standard InChI is InChI=1S/C19H23N5O3S/c20-6-8-22-18(25)14-12-24(13-14)9-3-1-2-7-21-19(26)15-11-16(27-23-15)17-5-4-10-28-17/h4-5,10-11,14H,1-3,7-9,12-13H2,(H,21,26)(H,22,25). The lowest BCUT2D eigenvalue weighted by molar-refractivity contribution is -0.129. The molecule has 1 aliphatic heterocycles. The molecule has 2 amide bonds. The molecular weight excluding hydrogens is 378 g/mol. The van der Waals surface area contributed by atoms with Crippen molar-refractivity contribution in [2.24, 2.45) is 5.92 Å². The second-order valence-corrected chi connectivity index (χ2v) is 7.65. The topological polar surface area (TPSA) is 111 Å². The molecule has 3 rings (SSSR count). The summed E-state index contributed by atoms with van der Waals surface area (Å²) in [6.07, 6.45) is 2.91. The molecule has 0 radical (unpaired) electrons. The molecule has 0 spiro atoms. The zero-order valence-corrected chi connectivity index (χ0v) is 16.3. The zero-order valence-electron chi connectivity index (χ0n) is 15.5. The van der Waals surface area contributed by atoms with Crippen molar-refractivity contribution in [1.82, 2.24) is 20.7 Å². The number of thiophene rings is 1. The van der Waals surface area contributed by atoms with Crippen LogP contribution >= 0.6 is 11.3 Å². The normalized spacial score (nSPS) is 14.2. The van der Waals surface area contributed by atoms with E-state index >= 15 is 0 Å². The summed E-state index contributed by atoms with van der Waals surface area (Å²) in [6.45, 7) is 3.13. The van der Waals surface area contributed by atoms with Crippen molar-refractivity contribution in [2.45, 2.75) is 19.3 Å². The van der Waals surface area contributed by atoms with Crippen LogP contribution in [0.5, 0.6) is 0 Å². The van der Waals surface area contributed by atoms with Crippen molar-refractivity contribution in [3.63, 3.8) is 0 Å². The maximum absolute atomic E-state index is 12.1. The minimum absolute atomic E-state index is 0.00849. The number of aromatic nitrogens is 1. The monoisotopic (exact) mass is 401 g/mol. The Bertz CT molecular complexity index is 821. The van der Waals surface area contributed by atoms with Gasteiger partial charge in [-0.3, -0.25) is 9.59 Å². The van der Waals surface area contributed by atoms with E-state index in [1.54, 1.807) is 6.07 Å². The van der Waals surface area contributed by atoms with Crippen LogP contribution < -0.4 is 10.6 Å². The molecule has 1 fully saturated rings. The first-order valence-electron chi connectivity index (χ1n) is 9.33. The van der Waals surface area contributed by atoms with Crippen LogP contribution in [0.3, 0.4) is 0 Å². The Balaban J connectivity index is 1.24. The molecule has 1 aliphatic rings. The summed E-state index contributed by atoms with van der Waals surface area (Å²) in [6, 6.07) is 7.41. The third-order valence-corrected chi connectivity index (χ3v) is 5.50. The summed E-state index contributed by atoms with van der Waals surface area (Å²) in [4.78, 5) is 26.9. The van der Waals surface area contributed by atoms with Gasteiger partial charge in [-0.25, -0.2) is 0 Å². The van der Waals surface area contributed by atoms with Crippen LogP contribution in [0.4, 0.5) is 0 Å². The van der Waals surface area contributed by atoms with Gasteiger partial charge in [-0.15, -0.1) is 11.3 Å². The Morgan fingerprint density at radius 3 is 2.93 bits per heavy atom. The maximum atomic E-state index is 12.1. The lowest BCUT2D eigenvalue weighted by atomic mass is 9.98. The number of nitrogens with one attached hydrogen (secondary N) is 2. The molecule has 2 N–H and O–H groups in total. The number of nitrogens with zero attached hydrogens (tertiary/aromatic N) is 3. The van der Waals surface area contributed by atoms with E-state index in [2.05, 4.69) is 20.7 Å². The fourth-order valence-electron chi connectivity index (χ4n) is 3.04. The van der Waals surface area contributed by atoms with Crippen LogP contribution in [0.15, 0.2) is 28.1 Å². The van der Waals surface area contributed by atoms with Gasteiger partial charge in [0.05, 0.1) is 16.9 Å². The van der Waals surface area contributed by atoms with Crippen molar-refractivity contribution < 1.29 is 14.1 Å². The van der Waals surface area contributed by atoms with Crippen LogP contribution in [-0.2, 0) is 4.79 Å². The van der Waals surface area contributed by atoms with E-state index in [9.17, 15) is 9.59 Å². The van der Waals surface area contributed by atoms with Crippen LogP contribution in [0.25, 0.3) is 10.6 Å². The quantitative estimate of drug-likeness (QED) is 0.464. The zero-order chi connectivity index (χ0) is 19.8. The minimum Gasteiger partial charge on any atom is -0.355 e. The van der Waals surface area contributed by atoms with Gasteiger partial charge in [0, 0.05) is 25.7 Å². The summed E-state index contributed by atoms with van der Waals surface area (Å²) in [7, 11) is 0. The smallest absolute Gasteiger partial charge is 0.273 e. The maximum Gasteiger partial charge on any atom is 0.273 e. The highest BCUT2D eigenvalue weighted by molar-refractivity contribution is 7.13. The number of amides is 2. The number of hydrogen-bond acceptors (Lipinski definition) is 7. The van der Waals surface area contributed by atoms with E-state index in [1.807, 2.05) is 23.6 Å². The predicted octanol–water partition coefficient (Wildman–Crippen LogP) is 1.87. The lowest BCUT2D eigenvalue weighted by Crippen LogP contribution is -2.53. The van der Waals surface area contributed by atoms with Crippen molar-refractivity contribution in [3.05, 3.63) is 29.3 Å². The molecule has 9 heteroatoms.